The standard InChI is InChI=1S/C18H21BrO2/c19-17-10-9-16(14-6-1-2-7-15(14)17)18(20)11-8-13-5-3-4-12-21-13/h1-2,6-7,9-10,13,18,20H,3-5,8,11-12H2. The summed E-state index contributed by atoms with van der Waals surface area (Å²) in [4.78, 5) is 0. The lowest BCUT2D eigenvalue weighted by Gasteiger charge is -2.24. The monoisotopic (exact) mass is 348 g/mol. The van der Waals surface area contributed by atoms with Crippen LogP contribution in [0.3, 0.4) is 0 Å². The summed E-state index contributed by atoms with van der Waals surface area (Å²) in [5.74, 6) is 0. The average Bonchev–Trinajstić information content (AvgIpc) is 2.54. The van der Waals surface area contributed by atoms with Crippen molar-refractivity contribution in [3.05, 3.63) is 46.4 Å². The summed E-state index contributed by atoms with van der Waals surface area (Å²) in [5.41, 5.74) is 1.02. The minimum absolute atomic E-state index is 0.329. The quantitative estimate of drug-likeness (QED) is 0.843. The lowest BCUT2D eigenvalue weighted by Crippen LogP contribution is -2.19. The largest absolute Gasteiger partial charge is 0.388 e. The highest BCUT2D eigenvalue weighted by Gasteiger charge is 2.18. The smallest absolute Gasteiger partial charge is 0.0797 e. The fraction of sp³-hybridized carbons (Fsp3) is 0.444. The van der Waals surface area contributed by atoms with Crippen molar-refractivity contribution < 1.29 is 9.84 Å². The van der Waals surface area contributed by atoms with E-state index in [1.165, 1.54) is 12.8 Å². The van der Waals surface area contributed by atoms with E-state index in [2.05, 4.69) is 28.1 Å². The number of fused-ring (bicyclic) bond motifs is 1. The Morgan fingerprint density at radius 2 is 1.95 bits per heavy atom. The fourth-order valence-corrected chi connectivity index (χ4v) is 3.59. The number of aliphatic hydroxyl groups excluding tert-OH is 1. The van der Waals surface area contributed by atoms with Gasteiger partial charge in [-0.25, -0.2) is 0 Å². The van der Waals surface area contributed by atoms with Crippen molar-refractivity contribution in [2.75, 3.05) is 6.61 Å². The van der Waals surface area contributed by atoms with Crippen LogP contribution >= 0.6 is 15.9 Å². The number of aliphatic hydroxyl groups is 1. The maximum atomic E-state index is 10.6. The second-order valence-electron chi connectivity index (χ2n) is 5.76. The van der Waals surface area contributed by atoms with Crippen molar-refractivity contribution >= 4 is 26.7 Å². The normalized spacial score (nSPS) is 20.6. The highest BCUT2D eigenvalue weighted by molar-refractivity contribution is 9.10. The predicted molar refractivity (Wildman–Crippen MR) is 89.4 cm³/mol. The number of ether oxygens (including phenoxy) is 1. The van der Waals surface area contributed by atoms with Gasteiger partial charge in [0.15, 0.2) is 0 Å². The molecule has 0 bridgehead atoms. The molecule has 0 aliphatic carbocycles. The molecule has 1 aliphatic rings. The molecule has 1 heterocycles. The zero-order valence-corrected chi connectivity index (χ0v) is 13.7. The van der Waals surface area contributed by atoms with E-state index in [0.29, 0.717) is 6.10 Å². The van der Waals surface area contributed by atoms with Crippen LogP contribution in [0.25, 0.3) is 10.8 Å². The van der Waals surface area contributed by atoms with Gasteiger partial charge in [0.25, 0.3) is 0 Å². The van der Waals surface area contributed by atoms with Gasteiger partial charge in [0.05, 0.1) is 12.2 Å². The zero-order chi connectivity index (χ0) is 14.7. The van der Waals surface area contributed by atoms with Gasteiger partial charge >= 0.3 is 0 Å². The lowest BCUT2D eigenvalue weighted by atomic mass is 9.95. The van der Waals surface area contributed by atoms with Gasteiger partial charge in [0.1, 0.15) is 0 Å². The predicted octanol–water partition coefficient (Wildman–Crippen LogP) is 4.99. The second kappa shape index (κ2) is 6.91. The maximum Gasteiger partial charge on any atom is 0.0797 e. The Kier molecular flexibility index (Phi) is 4.94. The molecule has 2 atom stereocenters. The molecule has 1 N–H and O–H groups in total. The Hall–Kier alpha value is -0.900. The van der Waals surface area contributed by atoms with Crippen LogP contribution in [0.2, 0.25) is 0 Å². The number of halogens is 1. The van der Waals surface area contributed by atoms with E-state index in [9.17, 15) is 5.11 Å². The molecule has 3 heteroatoms. The van der Waals surface area contributed by atoms with E-state index in [1.807, 2.05) is 24.3 Å². The summed E-state index contributed by atoms with van der Waals surface area (Å²) in [6, 6.07) is 12.3. The van der Waals surface area contributed by atoms with Crippen LogP contribution in [0, 0.1) is 0 Å². The van der Waals surface area contributed by atoms with Crippen LogP contribution in [0.4, 0.5) is 0 Å². The molecule has 2 unspecified atom stereocenters. The molecule has 2 nitrogen and oxygen atoms in total. The first-order valence-corrected chi connectivity index (χ1v) is 8.52. The van der Waals surface area contributed by atoms with Gasteiger partial charge in [-0.15, -0.1) is 0 Å². The Morgan fingerprint density at radius 3 is 2.71 bits per heavy atom. The van der Waals surface area contributed by atoms with Gasteiger partial charge in [0.2, 0.25) is 0 Å². The van der Waals surface area contributed by atoms with Crippen LogP contribution in [0.5, 0.6) is 0 Å². The number of benzene rings is 2. The first kappa shape index (κ1) is 15.0. The van der Waals surface area contributed by atoms with E-state index in [1.54, 1.807) is 0 Å². The van der Waals surface area contributed by atoms with Crippen LogP contribution in [-0.2, 0) is 4.74 Å². The zero-order valence-electron chi connectivity index (χ0n) is 12.1. The van der Waals surface area contributed by atoms with Crippen molar-refractivity contribution in [1.29, 1.82) is 0 Å². The third-order valence-electron chi connectivity index (χ3n) is 4.30. The maximum absolute atomic E-state index is 10.6. The summed E-state index contributed by atoms with van der Waals surface area (Å²) < 4.78 is 6.83. The molecule has 0 radical (unpaired) electrons. The van der Waals surface area contributed by atoms with Crippen molar-refractivity contribution in [1.82, 2.24) is 0 Å². The molecule has 1 aliphatic heterocycles. The highest BCUT2D eigenvalue weighted by atomic mass is 79.9. The topological polar surface area (TPSA) is 29.5 Å². The molecule has 0 aromatic heterocycles. The Labute approximate surface area is 134 Å². The van der Waals surface area contributed by atoms with E-state index < -0.39 is 6.10 Å². The van der Waals surface area contributed by atoms with Crippen LogP contribution in [-0.4, -0.2) is 17.8 Å². The Bertz CT molecular complexity index is 605. The summed E-state index contributed by atoms with van der Waals surface area (Å²) in [7, 11) is 0. The third-order valence-corrected chi connectivity index (χ3v) is 4.99. The average molecular weight is 349 g/mol. The molecule has 0 amide bonds. The molecule has 1 saturated heterocycles. The SMILES string of the molecule is OC(CCC1CCCCO1)c1ccc(Br)c2ccccc12. The van der Waals surface area contributed by atoms with Gasteiger partial charge in [-0.05, 0) is 54.5 Å². The molecule has 2 aromatic rings. The molecule has 0 saturated carbocycles. The Balaban J connectivity index is 1.75. The fourth-order valence-electron chi connectivity index (χ4n) is 3.11. The molecule has 21 heavy (non-hydrogen) atoms. The van der Waals surface area contributed by atoms with E-state index in [4.69, 9.17) is 4.74 Å². The summed E-state index contributed by atoms with van der Waals surface area (Å²) >= 11 is 3.58. The molecular weight excluding hydrogens is 328 g/mol. The molecule has 112 valence electrons. The van der Waals surface area contributed by atoms with Crippen molar-refractivity contribution in [3.8, 4) is 0 Å². The van der Waals surface area contributed by atoms with Gasteiger partial charge in [0, 0.05) is 11.1 Å². The first-order chi connectivity index (χ1) is 10.3. The van der Waals surface area contributed by atoms with Gasteiger partial charge in [-0.3, -0.25) is 0 Å². The molecule has 3 rings (SSSR count). The summed E-state index contributed by atoms with van der Waals surface area (Å²) in [6.45, 7) is 0.877. The minimum atomic E-state index is -0.423. The molecule has 2 aromatic carbocycles. The van der Waals surface area contributed by atoms with Crippen LogP contribution < -0.4 is 0 Å². The Morgan fingerprint density at radius 1 is 1.14 bits per heavy atom. The number of rotatable bonds is 4. The molecule has 0 spiro atoms. The third kappa shape index (κ3) is 3.47. The summed E-state index contributed by atoms with van der Waals surface area (Å²) in [5, 5.41) is 12.9. The van der Waals surface area contributed by atoms with Gasteiger partial charge < -0.3 is 9.84 Å². The minimum Gasteiger partial charge on any atom is -0.388 e. The lowest BCUT2D eigenvalue weighted by molar-refractivity contribution is 0.00222. The van der Waals surface area contributed by atoms with E-state index in [0.717, 1.165) is 46.7 Å². The number of hydrogen-bond donors (Lipinski definition) is 1. The molecule has 1 fully saturated rings. The highest BCUT2D eigenvalue weighted by Crippen LogP contribution is 2.32. The van der Waals surface area contributed by atoms with Crippen LogP contribution in [0.15, 0.2) is 40.9 Å². The van der Waals surface area contributed by atoms with Gasteiger partial charge in [-0.2, -0.15) is 0 Å². The van der Waals surface area contributed by atoms with E-state index >= 15 is 0 Å². The second-order valence-corrected chi connectivity index (χ2v) is 6.62. The van der Waals surface area contributed by atoms with Gasteiger partial charge in [-0.1, -0.05) is 46.3 Å². The van der Waals surface area contributed by atoms with Crippen molar-refractivity contribution in [3.63, 3.8) is 0 Å². The summed E-state index contributed by atoms with van der Waals surface area (Å²) in [6.07, 6.45) is 5.16. The van der Waals surface area contributed by atoms with Crippen molar-refractivity contribution in [2.45, 2.75) is 44.3 Å². The van der Waals surface area contributed by atoms with Crippen molar-refractivity contribution in [2.24, 2.45) is 0 Å². The first-order valence-electron chi connectivity index (χ1n) is 7.72. The van der Waals surface area contributed by atoms with E-state index in [-0.39, 0.29) is 0 Å². The number of hydrogen-bond acceptors (Lipinski definition) is 2. The van der Waals surface area contributed by atoms with Crippen LogP contribution in [0.1, 0.15) is 43.8 Å². The molecular formula is C18H21BrO2.